The van der Waals surface area contributed by atoms with E-state index in [1.54, 1.807) is 31.2 Å². The average Bonchev–Trinajstić information content (AvgIpc) is 2.95. The Bertz CT molecular complexity index is 776. The van der Waals surface area contributed by atoms with Gasteiger partial charge in [0.05, 0.1) is 0 Å². The molecule has 1 saturated heterocycles. The Morgan fingerprint density at radius 1 is 1.17 bits per heavy atom. The molecule has 0 aromatic heterocycles. The second-order valence-electron chi connectivity index (χ2n) is 7.18. The Balaban J connectivity index is 1.50. The van der Waals surface area contributed by atoms with Gasteiger partial charge in [0, 0.05) is 0 Å². The molecule has 0 bridgehead atoms. The van der Waals surface area contributed by atoms with Crippen LogP contribution in [-0.4, -0.2) is 47.1 Å². The maximum absolute atomic E-state index is 12.6. The third-order valence-corrected chi connectivity index (χ3v) is 5.11. The van der Waals surface area contributed by atoms with E-state index in [0.717, 1.165) is 19.3 Å². The Morgan fingerprint density at radius 3 is 2.52 bits per heavy atom. The van der Waals surface area contributed by atoms with Gasteiger partial charge in [-0.05, 0) is 31.4 Å². The van der Waals surface area contributed by atoms with Crippen LogP contribution in [0, 0.1) is 0 Å². The number of ether oxygens (including phenoxy) is 2. The van der Waals surface area contributed by atoms with Crippen LogP contribution in [0.3, 0.4) is 0 Å². The number of esters is 1. The molecular weight excluding hydrogens is 378 g/mol. The second kappa shape index (κ2) is 8.93. The predicted octanol–water partition coefficient (Wildman–Crippen LogP) is 1.67. The van der Waals surface area contributed by atoms with Crippen LogP contribution in [0.15, 0.2) is 30.3 Å². The van der Waals surface area contributed by atoms with Crippen molar-refractivity contribution in [2.45, 2.75) is 57.1 Å². The van der Waals surface area contributed by atoms with Crippen molar-refractivity contribution in [3.05, 3.63) is 30.3 Å². The normalized spacial score (nSPS) is 18.9. The van der Waals surface area contributed by atoms with Crippen molar-refractivity contribution in [1.82, 2.24) is 15.8 Å². The maximum Gasteiger partial charge on any atom is 0.347 e. The number of benzene rings is 1. The number of hydrogen-bond donors (Lipinski definition) is 2. The summed E-state index contributed by atoms with van der Waals surface area (Å²) in [5.41, 5.74) is 1.29. The first-order valence-corrected chi connectivity index (χ1v) is 9.80. The quantitative estimate of drug-likeness (QED) is 0.529. The molecule has 1 saturated carbocycles. The van der Waals surface area contributed by atoms with Crippen LogP contribution in [0.1, 0.15) is 45.4 Å². The number of carbonyl (C=O) groups is 4. The molecule has 1 atom stereocenters. The van der Waals surface area contributed by atoms with Gasteiger partial charge in [-0.1, -0.05) is 44.4 Å². The lowest BCUT2D eigenvalue weighted by atomic mass is 9.82. The molecular formula is C20H25N3O6. The SMILES string of the molecule is CC[C@@H](Oc1ccccc1)C(=O)OCC(=O)NN1C(=O)NC2(CCCCC2)C1=O. The second-order valence-corrected chi connectivity index (χ2v) is 7.18. The summed E-state index contributed by atoms with van der Waals surface area (Å²) in [7, 11) is 0. The van der Waals surface area contributed by atoms with Crippen molar-refractivity contribution in [2.75, 3.05) is 6.61 Å². The number of para-hydroxylation sites is 1. The van der Waals surface area contributed by atoms with Gasteiger partial charge in [0.1, 0.15) is 11.3 Å². The van der Waals surface area contributed by atoms with Crippen LogP contribution in [-0.2, 0) is 19.1 Å². The standard InChI is InChI=1S/C20H25N3O6/c1-2-15(29-14-9-5-3-6-10-14)17(25)28-13-16(24)22-23-18(26)20(21-19(23)27)11-7-4-8-12-20/h3,5-6,9-10,15H,2,4,7-8,11-13H2,1H3,(H,21,27)(H,22,24)/t15-/m1/s1. The number of nitrogens with one attached hydrogen (secondary N) is 2. The van der Waals surface area contributed by atoms with Crippen LogP contribution in [0.4, 0.5) is 4.79 Å². The summed E-state index contributed by atoms with van der Waals surface area (Å²) in [6, 6.07) is 8.12. The minimum absolute atomic E-state index is 0.352. The van der Waals surface area contributed by atoms with Gasteiger partial charge in [-0.3, -0.25) is 15.0 Å². The molecule has 2 aliphatic rings. The average molecular weight is 403 g/mol. The molecule has 1 spiro atoms. The van der Waals surface area contributed by atoms with E-state index in [1.165, 1.54) is 0 Å². The van der Waals surface area contributed by atoms with Crippen LogP contribution < -0.4 is 15.5 Å². The van der Waals surface area contributed by atoms with Gasteiger partial charge in [-0.15, -0.1) is 0 Å². The number of hydrazine groups is 1. The Morgan fingerprint density at radius 2 is 1.86 bits per heavy atom. The first kappa shape index (κ1) is 20.6. The molecule has 3 rings (SSSR count). The van der Waals surface area contributed by atoms with Crippen molar-refractivity contribution in [3.63, 3.8) is 0 Å². The summed E-state index contributed by atoms with van der Waals surface area (Å²) >= 11 is 0. The molecule has 1 aliphatic carbocycles. The highest BCUT2D eigenvalue weighted by atomic mass is 16.6. The van der Waals surface area contributed by atoms with Crippen molar-refractivity contribution < 1.29 is 28.7 Å². The Hall–Kier alpha value is -3.10. The van der Waals surface area contributed by atoms with Gasteiger partial charge in [-0.2, -0.15) is 5.01 Å². The highest BCUT2D eigenvalue weighted by Crippen LogP contribution is 2.32. The third kappa shape index (κ3) is 4.67. The van der Waals surface area contributed by atoms with E-state index in [-0.39, 0.29) is 0 Å². The molecule has 4 amide bonds. The first-order chi connectivity index (χ1) is 13.9. The van der Waals surface area contributed by atoms with Gasteiger partial charge in [0.2, 0.25) is 0 Å². The lowest BCUT2D eigenvalue weighted by Gasteiger charge is -2.30. The number of rotatable bonds is 7. The topological polar surface area (TPSA) is 114 Å². The lowest BCUT2D eigenvalue weighted by Crippen LogP contribution is -2.51. The Kier molecular flexibility index (Phi) is 6.36. The van der Waals surface area contributed by atoms with E-state index in [0.29, 0.717) is 30.0 Å². The van der Waals surface area contributed by atoms with Crippen LogP contribution >= 0.6 is 0 Å². The Labute approximate surface area is 168 Å². The van der Waals surface area contributed by atoms with Crippen molar-refractivity contribution >= 4 is 23.8 Å². The van der Waals surface area contributed by atoms with E-state index < -0.39 is 42.1 Å². The van der Waals surface area contributed by atoms with E-state index in [2.05, 4.69) is 10.7 Å². The van der Waals surface area contributed by atoms with Crippen LogP contribution in [0.5, 0.6) is 5.75 Å². The largest absolute Gasteiger partial charge is 0.479 e. The van der Waals surface area contributed by atoms with Gasteiger partial charge < -0.3 is 14.8 Å². The van der Waals surface area contributed by atoms with Gasteiger partial charge >= 0.3 is 12.0 Å². The van der Waals surface area contributed by atoms with Crippen LogP contribution in [0.2, 0.25) is 0 Å². The first-order valence-electron chi connectivity index (χ1n) is 9.80. The van der Waals surface area contributed by atoms with Crippen molar-refractivity contribution in [3.8, 4) is 5.75 Å². The summed E-state index contributed by atoms with van der Waals surface area (Å²) in [4.78, 5) is 49.1. The molecule has 9 nitrogen and oxygen atoms in total. The van der Waals surface area contributed by atoms with Crippen molar-refractivity contribution in [2.24, 2.45) is 0 Å². The van der Waals surface area contributed by atoms with Gasteiger partial charge in [-0.25, -0.2) is 9.59 Å². The minimum Gasteiger partial charge on any atom is -0.479 e. The number of carbonyl (C=O) groups excluding carboxylic acids is 4. The molecule has 156 valence electrons. The number of hydrogen-bond acceptors (Lipinski definition) is 6. The van der Waals surface area contributed by atoms with Crippen molar-refractivity contribution in [1.29, 1.82) is 0 Å². The molecule has 9 heteroatoms. The maximum atomic E-state index is 12.6. The van der Waals surface area contributed by atoms with Gasteiger partial charge in [0.25, 0.3) is 11.8 Å². The fourth-order valence-electron chi connectivity index (χ4n) is 3.56. The number of nitrogens with zero attached hydrogens (tertiary/aromatic N) is 1. The number of amides is 4. The minimum atomic E-state index is -0.934. The molecule has 1 aliphatic heterocycles. The van der Waals surface area contributed by atoms with Gasteiger partial charge in [0.15, 0.2) is 12.7 Å². The zero-order valence-electron chi connectivity index (χ0n) is 16.3. The summed E-state index contributed by atoms with van der Waals surface area (Å²) in [6.45, 7) is 1.13. The summed E-state index contributed by atoms with van der Waals surface area (Å²) in [5.74, 6) is -1.43. The smallest absolute Gasteiger partial charge is 0.347 e. The van der Waals surface area contributed by atoms with E-state index in [9.17, 15) is 19.2 Å². The zero-order chi connectivity index (χ0) is 20.9. The molecule has 2 N–H and O–H groups in total. The molecule has 1 aromatic carbocycles. The molecule has 29 heavy (non-hydrogen) atoms. The fraction of sp³-hybridized carbons (Fsp3) is 0.500. The molecule has 1 aromatic rings. The van der Waals surface area contributed by atoms with Crippen LogP contribution in [0.25, 0.3) is 0 Å². The highest BCUT2D eigenvalue weighted by Gasteiger charge is 2.52. The molecule has 2 fully saturated rings. The number of urea groups is 1. The summed E-state index contributed by atoms with van der Waals surface area (Å²) < 4.78 is 10.6. The molecule has 0 unspecified atom stereocenters. The van der Waals surface area contributed by atoms with E-state index in [4.69, 9.17) is 9.47 Å². The van der Waals surface area contributed by atoms with E-state index in [1.807, 2.05) is 6.07 Å². The molecule has 0 radical (unpaired) electrons. The highest BCUT2D eigenvalue weighted by molar-refractivity contribution is 6.08. The lowest BCUT2D eigenvalue weighted by molar-refractivity contribution is -0.156. The summed E-state index contributed by atoms with van der Waals surface area (Å²) in [6.07, 6.45) is 3.27. The summed E-state index contributed by atoms with van der Waals surface area (Å²) in [5, 5.41) is 3.37. The zero-order valence-corrected chi connectivity index (χ0v) is 16.3. The predicted molar refractivity (Wildman–Crippen MR) is 101 cm³/mol. The molecule has 1 heterocycles. The fourth-order valence-corrected chi connectivity index (χ4v) is 3.56. The third-order valence-electron chi connectivity index (χ3n) is 5.11. The number of imide groups is 1. The monoisotopic (exact) mass is 403 g/mol. The van der Waals surface area contributed by atoms with E-state index >= 15 is 0 Å².